The second-order valence-electron chi connectivity index (χ2n) is 4.80. The van der Waals surface area contributed by atoms with Crippen LogP contribution >= 0.6 is 0 Å². The summed E-state index contributed by atoms with van der Waals surface area (Å²) in [5.74, 6) is 0.897. The van der Waals surface area contributed by atoms with Gasteiger partial charge < -0.3 is 0 Å². The van der Waals surface area contributed by atoms with Gasteiger partial charge in [0.05, 0.1) is 12.1 Å². The molecular weight excluding hydrogens is 172 g/mol. The zero-order valence-corrected chi connectivity index (χ0v) is 9.08. The first-order valence-corrected chi connectivity index (χ1v) is 5.98. The number of hydrogen-bond donors (Lipinski definition) is 0. The van der Waals surface area contributed by atoms with E-state index in [0.29, 0.717) is 0 Å². The van der Waals surface area contributed by atoms with E-state index in [4.69, 9.17) is 5.26 Å². The molecule has 0 aromatic rings. The summed E-state index contributed by atoms with van der Waals surface area (Å²) in [6.45, 7) is 3.20. The van der Waals surface area contributed by atoms with Gasteiger partial charge in [0.25, 0.3) is 0 Å². The first-order valence-electron chi connectivity index (χ1n) is 5.98. The Kier molecular flexibility index (Phi) is 3.08. The molecule has 3 atom stereocenters. The summed E-state index contributed by atoms with van der Waals surface area (Å²) in [5, 5.41) is 8.99. The molecule has 1 heterocycles. The molecule has 0 amide bonds. The number of rotatable bonds is 1. The minimum Gasteiger partial charge on any atom is -0.285 e. The average molecular weight is 192 g/mol. The summed E-state index contributed by atoms with van der Waals surface area (Å²) in [4.78, 5) is 2.45. The first-order chi connectivity index (χ1) is 6.83. The Balaban J connectivity index is 2.05. The Hall–Kier alpha value is -0.550. The zero-order chi connectivity index (χ0) is 9.97. The molecule has 78 valence electrons. The van der Waals surface area contributed by atoms with Gasteiger partial charge in [-0.1, -0.05) is 12.8 Å². The van der Waals surface area contributed by atoms with Crippen molar-refractivity contribution in [3.05, 3.63) is 0 Å². The standard InChI is InChI=1S/C12H20N2/c1-10(9-13)14-8-4-6-11-5-2-3-7-12(11)14/h10-12H,2-8H2,1H3/t10?,11-,12-/m0/s1. The molecule has 0 radical (unpaired) electrons. The molecule has 1 saturated carbocycles. The van der Waals surface area contributed by atoms with Crippen LogP contribution in [0.2, 0.25) is 0 Å². The summed E-state index contributed by atoms with van der Waals surface area (Å²) >= 11 is 0. The molecular formula is C12H20N2. The molecule has 2 nitrogen and oxygen atoms in total. The fourth-order valence-electron chi connectivity index (χ4n) is 3.22. The van der Waals surface area contributed by atoms with Crippen LogP contribution in [0.3, 0.4) is 0 Å². The normalized spacial score (nSPS) is 35.7. The van der Waals surface area contributed by atoms with Gasteiger partial charge in [0.2, 0.25) is 0 Å². The van der Waals surface area contributed by atoms with Gasteiger partial charge in [-0.15, -0.1) is 0 Å². The Labute approximate surface area is 86.9 Å². The molecule has 0 bridgehead atoms. The van der Waals surface area contributed by atoms with Gasteiger partial charge in [0, 0.05) is 6.04 Å². The minimum absolute atomic E-state index is 0.126. The van der Waals surface area contributed by atoms with Gasteiger partial charge in [0.1, 0.15) is 0 Å². The van der Waals surface area contributed by atoms with Crippen molar-refractivity contribution in [2.75, 3.05) is 6.54 Å². The number of piperidine rings is 1. The molecule has 0 aromatic heterocycles. The van der Waals surface area contributed by atoms with Crippen LogP contribution in [0.25, 0.3) is 0 Å². The highest BCUT2D eigenvalue weighted by Crippen LogP contribution is 2.35. The van der Waals surface area contributed by atoms with Gasteiger partial charge in [-0.25, -0.2) is 0 Å². The summed E-state index contributed by atoms with van der Waals surface area (Å²) < 4.78 is 0. The minimum atomic E-state index is 0.126. The van der Waals surface area contributed by atoms with Gasteiger partial charge in [0.15, 0.2) is 0 Å². The van der Waals surface area contributed by atoms with Crippen molar-refractivity contribution in [3.8, 4) is 6.07 Å². The maximum absolute atomic E-state index is 8.99. The maximum atomic E-state index is 8.99. The molecule has 0 aromatic carbocycles. The molecule has 0 spiro atoms. The molecule has 14 heavy (non-hydrogen) atoms. The predicted molar refractivity (Wildman–Crippen MR) is 56.8 cm³/mol. The molecule has 2 aliphatic rings. The van der Waals surface area contributed by atoms with E-state index in [1.54, 1.807) is 0 Å². The second-order valence-corrected chi connectivity index (χ2v) is 4.80. The predicted octanol–water partition coefficient (Wildman–Crippen LogP) is 2.55. The highest BCUT2D eigenvalue weighted by molar-refractivity contribution is 4.96. The third-order valence-electron chi connectivity index (χ3n) is 3.97. The van der Waals surface area contributed by atoms with Crippen LogP contribution in [0.1, 0.15) is 45.4 Å². The van der Waals surface area contributed by atoms with E-state index in [-0.39, 0.29) is 6.04 Å². The van der Waals surface area contributed by atoms with Crippen molar-refractivity contribution in [3.63, 3.8) is 0 Å². The van der Waals surface area contributed by atoms with Crippen molar-refractivity contribution in [1.29, 1.82) is 5.26 Å². The number of hydrogen-bond acceptors (Lipinski definition) is 2. The van der Waals surface area contributed by atoms with Crippen molar-refractivity contribution in [2.45, 2.75) is 57.5 Å². The Morgan fingerprint density at radius 3 is 2.71 bits per heavy atom. The number of nitriles is 1. The van der Waals surface area contributed by atoms with Crippen LogP contribution in [0, 0.1) is 17.2 Å². The fraction of sp³-hybridized carbons (Fsp3) is 0.917. The van der Waals surface area contributed by atoms with Gasteiger partial charge in [-0.2, -0.15) is 5.26 Å². The topological polar surface area (TPSA) is 27.0 Å². The van der Waals surface area contributed by atoms with E-state index >= 15 is 0 Å². The molecule has 1 unspecified atom stereocenters. The Morgan fingerprint density at radius 2 is 1.93 bits per heavy atom. The molecule has 1 saturated heterocycles. The summed E-state index contributed by atoms with van der Waals surface area (Å²) in [6, 6.07) is 3.25. The van der Waals surface area contributed by atoms with Crippen LogP contribution in [0.5, 0.6) is 0 Å². The molecule has 1 aliphatic heterocycles. The van der Waals surface area contributed by atoms with Crippen molar-refractivity contribution >= 4 is 0 Å². The molecule has 1 aliphatic carbocycles. The second kappa shape index (κ2) is 4.31. The third kappa shape index (κ3) is 1.79. The van der Waals surface area contributed by atoms with Crippen molar-refractivity contribution < 1.29 is 0 Å². The lowest BCUT2D eigenvalue weighted by molar-refractivity contribution is 0.0473. The van der Waals surface area contributed by atoms with E-state index in [2.05, 4.69) is 17.9 Å². The average Bonchev–Trinajstić information content (AvgIpc) is 2.27. The van der Waals surface area contributed by atoms with Gasteiger partial charge >= 0.3 is 0 Å². The van der Waals surface area contributed by atoms with Crippen molar-refractivity contribution in [2.24, 2.45) is 5.92 Å². The van der Waals surface area contributed by atoms with Crippen LogP contribution in [0.15, 0.2) is 0 Å². The highest BCUT2D eigenvalue weighted by Gasteiger charge is 2.35. The van der Waals surface area contributed by atoms with Crippen LogP contribution in [0.4, 0.5) is 0 Å². The molecule has 2 fully saturated rings. The number of nitrogens with zero attached hydrogens (tertiary/aromatic N) is 2. The van der Waals surface area contributed by atoms with E-state index < -0.39 is 0 Å². The molecule has 2 heteroatoms. The maximum Gasteiger partial charge on any atom is 0.0951 e. The summed E-state index contributed by atoms with van der Waals surface area (Å²) in [7, 11) is 0. The van der Waals surface area contributed by atoms with Crippen LogP contribution in [-0.2, 0) is 0 Å². The highest BCUT2D eigenvalue weighted by atomic mass is 15.2. The smallest absolute Gasteiger partial charge is 0.0951 e. The fourth-order valence-corrected chi connectivity index (χ4v) is 3.22. The van der Waals surface area contributed by atoms with E-state index in [1.807, 2.05) is 0 Å². The van der Waals surface area contributed by atoms with E-state index in [1.165, 1.54) is 38.5 Å². The Morgan fingerprint density at radius 1 is 1.21 bits per heavy atom. The SMILES string of the molecule is CC(C#N)N1CCC[C@@H]2CCCC[C@@H]21. The lowest BCUT2D eigenvalue weighted by Gasteiger charge is -2.45. The van der Waals surface area contributed by atoms with E-state index in [9.17, 15) is 0 Å². The van der Waals surface area contributed by atoms with Crippen LogP contribution in [-0.4, -0.2) is 23.5 Å². The molecule has 2 rings (SSSR count). The lowest BCUT2D eigenvalue weighted by atomic mass is 9.78. The third-order valence-corrected chi connectivity index (χ3v) is 3.97. The van der Waals surface area contributed by atoms with Crippen molar-refractivity contribution in [1.82, 2.24) is 4.90 Å². The first kappa shape index (κ1) is 9.98. The Bertz CT molecular complexity index is 229. The zero-order valence-electron chi connectivity index (χ0n) is 9.08. The van der Waals surface area contributed by atoms with Gasteiger partial charge in [-0.05, 0) is 45.1 Å². The number of likely N-dealkylation sites (tertiary alicyclic amines) is 1. The van der Waals surface area contributed by atoms with Gasteiger partial charge in [-0.3, -0.25) is 4.90 Å². The lowest BCUT2D eigenvalue weighted by Crippen LogP contribution is -2.50. The van der Waals surface area contributed by atoms with E-state index in [0.717, 1.165) is 18.5 Å². The molecule has 0 N–H and O–H groups in total. The largest absolute Gasteiger partial charge is 0.285 e. The number of fused-ring (bicyclic) bond motifs is 1. The monoisotopic (exact) mass is 192 g/mol. The summed E-state index contributed by atoms with van der Waals surface area (Å²) in [6.07, 6.45) is 8.22. The quantitative estimate of drug-likeness (QED) is 0.638. The summed E-state index contributed by atoms with van der Waals surface area (Å²) in [5.41, 5.74) is 0. The van der Waals surface area contributed by atoms with Crippen LogP contribution < -0.4 is 0 Å².